The fraction of sp³-hybridized carbons (Fsp3) is 0.467. The van der Waals surface area contributed by atoms with Crippen molar-refractivity contribution in [2.75, 3.05) is 20.7 Å². The van der Waals surface area contributed by atoms with Gasteiger partial charge in [0, 0.05) is 12.6 Å². The molecule has 1 aromatic carbocycles. The average molecular weight is 291 g/mol. The fourth-order valence-corrected chi connectivity index (χ4v) is 2.00. The minimum Gasteiger partial charge on any atom is -0.497 e. The third-order valence-electron chi connectivity index (χ3n) is 3.17. The molecule has 1 saturated carbocycles. The second kappa shape index (κ2) is 7.08. The van der Waals surface area contributed by atoms with Crippen molar-refractivity contribution in [2.45, 2.75) is 25.4 Å². The van der Waals surface area contributed by atoms with Crippen molar-refractivity contribution >= 4 is 11.9 Å². The van der Waals surface area contributed by atoms with Gasteiger partial charge in [-0.1, -0.05) is 12.1 Å². The lowest BCUT2D eigenvalue weighted by Crippen LogP contribution is -2.44. The first kappa shape index (κ1) is 15.3. The van der Waals surface area contributed by atoms with Crippen molar-refractivity contribution < 1.29 is 14.3 Å². The van der Waals surface area contributed by atoms with Crippen LogP contribution in [-0.4, -0.2) is 43.6 Å². The summed E-state index contributed by atoms with van der Waals surface area (Å²) in [4.78, 5) is 25.0. The van der Waals surface area contributed by atoms with Crippen LogP contribution in [0.25, 0.3) is 0 Å². The molecule has 0 bridgehead atoms. The summed E-state index contributed by atoms with van der Waals surface area (Å²) in [5.74, 6) is 0.479. The average Bonchev–Trinajstić information content (AvgIpc) is 3.22. The van der Waals surface area contributed by atoms with Crippen LogP contribution in [0.3, 0.4) is 0 Å². The van der Waals surface area contributed by atoms with Crippen LogP contribution in [0.5, 0.6) is 5.75 Å². The number of ether oxygens (including phenoxy) is 1. The first-order valence-electron chi connectivity index (χ1n) is 6.98. The van der Waals surface area contributed by atoms with E-state index in [2.05, 4.69) is 10.6 Å². The number of hydrogen-bond acceptors (Lipinski definition) is 4. The van der Waals surface area contributed by atoms with Gasteiger partial charge in [-0.2, -0.15) is 0 Å². The molecule has 0 saturated heterocycles. The lowest BCUT2D eigenvalue weighted by Gasteiger charge is -2.16. The van der Waals surface area contributed by atoms with E-state index in [4.69, 9.17) is 4.74 Å². The molecule has 21 heavy (non-hydrogen) atoms. The van der Waals surface area contributed by atoms with Gasteiger partial charge in [0.05, 0.1) is 13.7 Å². The molecule has 1 fully saturated rings. The van der Waals surface area contributed by atoms with Gasteiger partial charge in [-0.3, -0.25) is 15.0 Å². The zero-order chi connectivity index (χ0) is 15.2. The van der Waals surface area contributed by atoms with Crippen LogP contribution in [0.4, 0.5) is 4.79 Å². The molecule has 3 amide bonds. The molecule has 2 N–H and O–H groups in total. The lowest BCUT2D eigenvalue weighted by molar-refractivity contribution is -0.120. The molecular weight excluding hydrogens is 270 g/mol. The Hall–Kier alpha value is -2.08. The van der Waals surface area contributed by atoms with Crippen molar-refractivity contribution in [3.8, 4) is 5.75 Å². The number of imide groups is 1. The molecule has 1 aromatic rings. The molecule has 0 spiro atoms. The Kier molecular flexibility index (Phi) is 5.16. The number of benzene rings is 1. The Balaban J connectivity index is 1.75. The quantitative estimate of drug-likeness (QED) is 0.824. The number of likely N-dealkylation sites (N-methyl/N-ethyl adjacent to an activating group) is 1. The summed E-state index contributed by atoms with van der Waals surface area (Å²) in [6, 6.07) is 7.51. The summed E-state index contributed by atoms with van der Waals surface area (Å²) in [6.07, 6.45) is 1.99. The highest BCUT2D eigenvalue weighted by Gasteiger charge is 2.24. The van der Waals surface area contributed by atoms with Crippen LogP contribution in [0.2, 0.25) is 0 Å². The predicted molar refractivity (Wildman–Crippen MR) is 79.0 cm³/mol. The van der Waals surface area contributed by atoms with Gasteiger partial charge in [0.25, 0.3) is 0 Å². The third-order valence-corrected chi connectivity index (χ3v) is 3.17. The monoisotopic (exact) mass is 291 g/mol. The molecule has 6 heteroatoms. The number of rotatable bonds is 6. The molecule has 114 valence electrons. The van der Waals surface area contributed by atoms with Gasteiger partial charge in [-0.15, -0.1) is 0 Å². The van der Waals surface area contributed by atoms with Crippen LogP contribution in [0.1, 0.15) is 18.4 Å². The van der Waals surface area contributed by atoms with E-state index in [1.165, 1.54) is 0 Å². The van der Waals surface area contributed by atoms with Crippen LogP contribution in [-0.2, 0) is 11.3 Å². The summed E-state index contributed by atoms with van der Waals surface area (Å²) in [7, 11) is 3.45. The van der Waals surface area contributed by atoms with Gasteiger partial charge in [-0.25, -0.2) is 4.79 Å². The highest BCUT2D eigenvalue weighted by molar-refractivity contribution is 5.95. The number of nitrogens with zero attached hydrogens (tertiary/aromatic N) is 1. The SMILES string of the molecule is COc1cccc(CN(C)CC(=O)NC(=O)NC2CC2)c1. The summed E-state index contributed by atoms with van der Waals surface area (Å²) in [5, 5.41) is 5.05. The van der Waals surface area contributed by atoms with Gasteiger partial charge in [0.1, 0.15) is 5.75 Å². The Morgan fingerprint density at radius 2 is 2.14 bits per heavy atom. The summed E-state index contributed by atoms with van der Waals surface area (Å²) >= 11 is 0. The number of urea groups is 1. The van der Waals surface area contributed by atoms with Gasteiger partial charge in [-0.05, 0) is 37.6 Å². The van der Waals surface area contributed by atoms with Crippen molar-refractivity contribution in [3.05, 3.63) is 29.8 Å². The maximum Gasteiger partial charge on any atom is 0.321 e. The minimum atomic E-state index is -0.405. The second-order valence-corrected chi connectivity index (χ2v) is 5.32. The van der Waals surface area contributed by atoms with Crippen molar-refractivity contribution in [3.63, 3.8) is 0 Å². The summed E-state index contributed by atoms with van der Waals surface area (Å²) < 4.78 is 5.16. The van der Waals surface area contributed by atoms with Crippen molar-refractivity contribution in [2.24, 2.45) is 0 Å². The predicted octanol–water partition coefficient (Wildman–Crippen LogP) is 1.12. The van der Waals surface area contributed by atoms with Gasteiger partial charge >= 0.3 is 6.03 Å². The van der Waals surface area contributed by atoms with E-state index in [1.807, 2.05) is 36.2 Å². The molecule has 0 radical (unpaired) electrons. The van der Waals surface area contributed by atoms with E-state index in [0.29, 0.717) is 6.54 Å². The standard InChI is InChI=1S/C15H21N3O3/c1-18(9-11-4-3-5-13(8-11)21-2)10-14(19)17-15(20)16-12-6-7-12/h3-5,8,12H,6-7,9-10H2,1-2H3,(H2,16,17,19,20). The number of hydrogen-bond donors (Lipinski definition) is 2. The molecule has 0 aromatic heterocycles. The fourth-order valence-electron chi connectivity index (χ4n) is 2.00. The highest BCUT2D eigenvalue weighted by atomic mass is 16.5. The van der Waals surface area contributed by atoms with E-state index < -0.39 is 6.03 Å². The zero-order valence-electron chi connectivity index (χ0n) is 12.4. The van der Waals surface area contributed by atoms with E-state index >= 15 is 0 Å². The first-order chi connectivity index (χ1) is 10.1. The maximum absolute atomic E-state index is 11.7. The van der Waals surface area contributed by atoms with Gasteiger partial charge in [0.2, 0.25) is 5.91 Å². The Morgan fingerprint density at radius 3 is 2.81 bits per heavy atom. The van der Waals surface area contributed by atoms with E-state index in [0.717, 1.165) is 24.2 Å². The molecule has 0 aliphatic heterocycles. The Morgan fingerprint density at radius 1 is 1.38 bits per heavy atom. The zero-order valence-corrected chi connectivity index (χ0v) is 12.4. The van der Waals surface area contributed by atoms with E-state index in [9.17, 15) is 9.59 Å². The van der Waals surface area contributed by atoms with Gasteiger partial charge in [0.15, 0.2) is 0 Å². The number of nitrogens with one attached hydrogen (secondary N) is 2. The molecule has 1 aliphatic carbocycles. The van der Waals surface area contributed by atoms with Crippen LogP contribution >= 0.6 is 0 Å². The van der Waals surface area contributed by atoms with Crippen molar-refractivity contribution in [1.29, 1.82) is 0 Å². The van der Waals surface area contributed by atoms with Crippen LogP contribution in [0, 0.1) is 0 Å². The van der Waals surface area contributed by atoms with E-state index in [-0.39, 0.29) is 18.5 Å². The Bertz CT molecular complexity index is 515. The highest BCUT2D eigenvalue weighted by Crippen LogP contribution is 2.18. The number of methoxy groups -OCH3 is 1. The number of carbonyl (C=O) groups is 2. The second-order valence-electron chi connectivity index (χ2n) is 5.32. The molecule has 6 nitrogen and oxygen atoms in total. The molecule has 1 aliphatic rings. The molecular formula is C15H21N3O3. The first-order valence-corrected chi connectivity index (χ1v) is 6.98. The molecule has 0 atom stereocenters. The molecule has 2 rings (SSSR count). The topological polar surface area (TPSA) is 70.7 Å². The van der Waals surface area contributed by atoms with Gasteiger partial charge < -0.3 is 10.1 Å². The van der Waals surface area contributed by atoms with Crippen LogP contribution < -0.4 is 15.4 Å². The largest absolute Gasteiger partial charge is 0.497 e. The molecule has 0 unspecified atom stereocenters. The third kappa shape index (κ3) is 5.43. The normalized spacial score (nSPS) is 13.9. The molecule has 0 heterocycles. The lowest BCUT2D eigenvalue weighted by atomic mass is 10.2. The minimum absolute atomic E-state index is 0.162. The summed E-state index contributed by atoms with van der Waals surface area (Å²) in [6.45, 7) is 0.768. The van der Waals surface area contributed by atoms with Crippen molar-refractivity contribution in [1.82, 2.24) is 15.5 Å². The van der Waals surface area contributed by atoms with Crippen LogP contribution in [0.15, 0.2) is 24.3 Å². The summed E-state index contributed by atoms with van der Waals surface area (Å²) in [5.41, 5.74) is 1.05. The smallest absolute Gasteiger partial charge is 0.321 e. The number of amides is 3. The maximum atomic E-state index is 11.7. The Labute approximate surface area is 124 Å². The number of carbonyl (C=O) groups excluding carboxylic acids is 2. The van der Waals surface area contributed by atoms with E-state index in [1.54, 1.807) is 7.11 Å².